The van der Waals surface area contributed by atoms with Gasteiger partial charge < -0.3 is 10.1 Å². The Morgan fingerprint density at radius 1 is 1.13 bits per heavy atom. The van der Waals surface area contributed by atoms with Gasteiger partial charge in [-0.1, -0.05) is 12.1 Å². The lowest BCUT2D eigenvalue weighted by molar-refractivity contribution is 0.112. The molecule has 4 aromatic rings. The molecule has 112 valence electrons. The highest BCUT2D eigenvalue weighted by atomic mass is 32.1. The minimum atomic E-state index is 0.220. The number of nitrogens with one attached hydrogen (secondary N) is 1. The topological polar surface area (TPSA) is 66.0 Å². The van der Waals surface area contributed by atoms with Gasteiger partial charge in [-0.3, -0.25) is 4.79 Å². The van der Waals surface area contributed by atoms with Crippen molar-refractivity contribution in [2.24, 2.45) is 0 Å². The standard InChI is InChI=1S/C18H12N2O2S/c21-10-17-14(4-5-23-17)16-9-20-18-15(16)7-12(8-19-18)11-2-1-3-13(22)6-11/h1-10,22H,(H,19,20). The van der Waals surface area contributed by atoms with Gasteiger partial charge in [-0.25, -0.2) is 4.98 Å². The molecule has 1 aromatic carbocycles. The van der Waals surface area contributed by atoms with E-state index in [1.54, 1.807) is 24.4 Å². The molecule has 0 bridgehead atoms. The number of fused-ring (bicyclic) bond motifs is 1. The molecule has 0 unspecified atom stereocenters. The normalized spacial score (nSPS) is 11.0. The van der Waals surface area contributed by atoms with E-state index in [0.29, 0.717) is 4.88 Å². The number of carbonyl (C=O) groups excluding carboxylic acids is 1. The van der Waals surface area contributed by atoms with Crippen LogP contribution in [0.4, 0.5) is 0 Å². The van der Waals surface area contributed by atoms with Crippen LogP contribution in [0.15, 0.2) is 54.2 Å². The maximum atomic E-state index is 11.2. The minimum Gasteiger partial charge on any atom is -0.508 e. The quantitative estimate of drug-likeness (QED) is 0.547. The minimum absolute atomic E-state index is 0.220. The van der Waals surface area contributed by atoms with Gasteiger partial charge in [0.2, 0.25) is 0 Å². The van der Waals surface area contributed by atoms with Gasteiger partial charge in [0, 0.05) is 34.5 Å². The molecular formula is C18H12N2O2S. The first-order chi connectivity index (χ1) is 11.3. The average Bonchev–Trinajstić information content (AvgIpc) is 3.20. The number of H-pyrrole nitrogens is 1. The van der Waals surface area contributed by atoms with E-state index in [1.807, 2.05) is 29.8 Å². The van der Waals surface area contributed by atoms with Crippen molar-refractivity contribution in [3.8, 4) is 28.0 Å². The number of aromatic nitrogens is 2. The van der Waals surface area contributed by atoms with Gasteiger partial charge in [-0.15, -0.1) is 11.3 Å². The SMILES string of the molecule is O=Cc1sccc1-c1c[nH]c2ncc(-c3cccc(O)c3)cc12. The van der Waals surface area contributed by atoms with Gasteiger partial charge in [0.05, 0.1) is 4.88 Å². The van der Waals surface area contributed by atoms with Crippen LogP contribution in [0.25, 0.3) is 33.3 Å². The molecule has 0 spiro atoms. The highest BCUT2D eigenvalue weighted by molar-refractivity contribution is 7.12. The summed E-state index contributed by atoms with van der Waals surface area (Å²) in [7, 11) is 0. The monoisotopic (exact) mass is 320 g/mol. The van der Waals surface area contributed by atoms with Crippen LogP contribution in [0.1, 0.15) is 9.67 Å². The fourth-order valence-corrected chi connectivity index (χ4v) is 3.42. The number of aromatic hydroxyl groups is 1. The van der Waals surface area contributed by atoms with E-state index in [0.717, 1.165) is 39.6 Å². The van der Waals surface area contributed by atoms with Crippen molar-refractivity contribution in [3.05, 3.63) is 59.0 Å². The molecule has 5 heteroatoms. The summed E-state index contributed by atoms with van der Waals surface area (Å²) < 4.78 is 0. The Hall–Kier alpha value is -2.92. The first-order valence-electron chi connectivity index (χ1n) is 7.06. The molecule has 0 aliphatic carbocycles. The van der Waals surface area contributed by atoms with Crippen LogP contribution in [0.2, 0.25) is 0 Å². The third-order valence-corrected chi connectivity index (χ3v) is 4.65. The van der Waals surface area contributed by atoms with Crippen LogP contribution >= 0.6 is 11.3 Å². The van der Waals surface area contributed by atoms with E-state index in [-0.39, 0.29) is 5.75 Å². The maximum Gasteiger partial charge on any atom is 0.160 e. The lowest BCUT2D eigenvalue weighted by Crippen LogP contribution is -1.83. The zero-order valence-electron chi connectivity index (χ0n) is 12.0. The molecule has 0 fully saturated rings. The van der Waals surface area contributed by atoms with E-state index in [9.17, 15) is 9.90 Å². The van der Waals surface area contributed by atoms with Crippen molar-refractivity contribution in [3.63, 3.8) is 0 Å². The van der Waals surface area contributed by atoms with Crippen molar-refractivity contribution >= 4 is 28.7 Å². The second-order valence-corrected chi connectivity index (χ2v) is 6.14. The Morgan fingerprint density at radius 3 is 2.87 bits per heavy atom. The molecule has 3 heterocycles. The number of benzene rings is 1. The number of aromatic amines is 1. The van der Waals surface area contributed by atoms with Gasteiger partial charge in [-0.2, -0.15) is 0 Å². The molecule has 2 N–H and O–H groups in total. The first-order valence-corrected chi connectivity index (χ1v) is 7.94. The molecule has 23 heavy (non-hydrogen) atoms. The van der Waals surface area contributed by atoms with Crippen LogP contribution in [-0.2, 0) is 0 Å². The number of thiophene rings is 1. The van der Waals surface area contributed by atoms with Gasteiger partial charge in [0.15, 0.2) is 6.29 Å². The van der Waals surface area contributed by atoms with E-state index >= 15 is 0 Å². The van der Waals surface area contributed by atoms with E-state index in [4.69, 9.17) is 0 Å². The highest BCUT2D eigenvalue weighted by Crippen LogP contribution is 2.34. The Labute approximate surface area is 136 Å². The fourth-order valence-electron chi connectivity index (χ4n) is 2.70. The Bertz CT molecular complexity index is 1020. The molecule has 0 amide bonds. The van der Waals surface area contributed by atoms with Crippen molar-refractivity contribution in [1.29, 1.82) is 0 Å². The van der Waals surface area contributed by atoms with Crippen LogP contribution in [0.5, 0.6) is 5.75 Å². The predicted molar refractivity (Wildman–Crippen MR) is 91.9 cm³/mol. The summed E-state index contributed by atoms with van der Waals surface area (Å²) in [5, 5.41) is 12.5. The second kappa shape index (κ2) is 5.37. The average molecular weight is 320 g/mol. The fraction of sp³-hybridized carbons (Fsp3) is 0. The Balaban J connectivity index is 1.91. The lowest BCUT2D eigenvalue weighted by Gasteiger charge is -2.03. The molecule has 4 nitrogen and oxygen atoms in total. The van der Waals surface area contributed by atoms with E-state index < -0.39 is 0 Å². The third-order valence-electron chi connectivity index (χ3n) is 3.80. The van der Waals surface area contributed by atoms with Crippen LogP contribution in [0, 0.1) is 0 Å². The van der Waals surface area contributed by atoms with Crippen molar-refractivity contribution in [2.45, 2.75) is 0 Å². The number of phenolic OH excluding ortho intramolecular Hbond substituents is 1. The molecule has 0 aliphatic heterocycles. The summed E-state index contributed by atoms with van der Waals surface area (Å²) in [5.74, 6) is 0.220. The zero-order chi connectivity index (χ0) is 15.8. The predicted octanol–water partition coefficient (Wildman–Crippen LogP) is 4.48. The first kappa shape index (κ1) is 13.7. The largest absolute Gasteiger partial charge is 0.508 e. The number of hydrogen-bond acceptors (Lipinski definition) is 4. The molecule has 4 rings (SSSR count). The van der Waals surface area contributed by atoms with Gasteiger partial charge >= 0.3 is 0 Å². The molecule has 0 atom stereocenters. The number of carbonyl (C=O) groups is 1. The molecule has 3 aromatic heterocycles. The van der Waals surface area contributed by atoms with E-state index in [1.165, 1.54) is 11.3 Å². The molecule has 0 saturated heterocycles. The molecule has 0 radical (unpaired) electrons. The third kappa shape index (κ3) is 2.31. The maximum absolute atomic E-state index is 11.2. The summed E-state index contributed by atoms with van der Waals surface area (Å²) in [5.41, 5.74) is 4.44. The number of aldehydes is 1. The molecule has 0 saturated carbocycles. The van der Waals surface area contributed by atoms with Crippen LogP contribution < -0.4 is 0 Å². The summed E-state index contributed by atoms with van der Waals surface area (Å²) in [6.07, 6.45) is 4.52. The van der Waals surface area contributed by atoms with E-state index in [2.05, 4.69) is 9.97 Å². The summed E-state index contributed by atoms with van der Waals surface area (Å²) in [4.78, 5) is 19.5. The summed E-state index contributed by atoms with van der Waals surface area (Å²) >= 11 is 1.42. The molecular weight excluding hydrogens is 308 g/mol. The Morgan fingerprint density at radius 2 is 2.04 bits per heavy atom. The number of rotatable bonds is 3. The zero-order valence-corrected chi connectivity index (χ0v) is 12.8. The summed E-state index contributed by atoms with van der Waals surface area (Å²) in [6, 6.07) is 11.0. The van der Waals surface area contributed by atoms with Gasteiger partial charge in [0.25, 0.3) is 0 Å². The van der Waals surface area contributed by atoms with Crippen molar-refractivity contribution in [2.75, 3.05) is 0 Å². The van der Waals surface area contributed by atoms with Gasteiger partial charge in [-0.05, 0) is 35.2 Å². The highest BCUT2D eigenvalue weighted by Gasteiger charge is 2.13. The molecule has 0 aliphatic rings. The van der Waals surface area contributed by atoms with Crippen molar-refractivity contribution in [1.82, 2.24) is 9.97 Å². The number of pyridine rings is 1. The summed E-state index contributed by atoms with van der Waals surface area (Å²) in [6.45, 7) is 0. The Kier molecular flexibility index (Phi) is 3.20. The van der Waals surface area contributed by atoms with Gasteiger partial charge in [0.1, 0.15) is 11.4 Å². The van der Waals surface area contributed by atoms with Crippen molar-refractivity contribution < 1.29 is 9.90 Å². The number of nitrogens with zero attached hydrogens (tertiary/aromatic N) is 1. The number of hydrogen-bond donors (Lipinski definition) is 2. The number of phenols is 1. The van der Waals surface area contributed by atoms with Crippen LogP contribution in [-0.4, -0.2) is 21.4 Å². The second-order valence-electron chi connectivity index (χ2n) is 5.19. The lowest BCUT2D eigenvalue weighted by atomic mass is 10.0. The smallest absolute Gasteiger partial charge is 0.160 e. The van der Waals surface area contributed by atoms with Crippen LogP contribution in [0.3, 0.4) is 0 Å².